The van der Waals surface area contributed by atoms with E-state index in [0.717, 1.165) is 31.4 Å². The van der Waals surface area contributed by atoms with Crippen molar-refractivity contribution in [3.8, 4) is 0 Å². The van der Waals surface area contributed by atoms with Crippen molar-refractivity contribution in [1.82, 2.24) is 0 Å². The number of carbonyl (C=O) groups excluding carboxylic acids is 2. The summed E-state index contributed by atoms with van der Waals surface area (Å²) in [5.41, 5.74) is 1.33. The Hall–Kier alpha value is -2.76. The molecule has 0 atom stereocenters. The number of nitrogens with one attached hydrogen (secondary N) is 1. The Morgan fingerprint density at radius 3 is 2.44 bits per heavy atom. The lowest BCUT2D eigenvalue weighted by atomic mass is 10.1. The molecular weight excluding hydrogens is 328 g/mol. The van der Waals surface area contributed by atoms with Crippen LogP contribution in [0.5, 0.6) is 0 Å². The molecule has 0 unspecified atom stereocenters. The van der Waals surface area contributed by atoms with E-state index in [9.17, 15) is 18.4 Å². The van der Waals surface area contributed by atoms with Crippen molar-refractivity contribution in [2.45, 2.75) is 26.2 Å². The molecule has 6 heteroatoms. The Kier molecular flexibility index (Phi) is 6.62. The van der Waals surface area contributed by atoms with Crippen LogP contribution in [0.1, 0.15) is 35.7 Å². The molecular formula is C19H19F2NO3. The Morgan fingerprint density at radius 1 is 1.08 bits per heavy atom. The molecule has 0 radical (unpaired) electrons. The first-order valence-electron chi connectivity index (χ1n) is 8.00. The van der Waals surface area contributed by atoms with Crippen LogP contribution >= 0.6 is 0 Å². The number of hydrogen-bond donors (Lipinski definition) is 1. The molecule has 0 aliphatic rings. The summed E-state index contributed by atoms with van der Waals surface area (Å²) in [7, 11) is 0. The van der Waals surface area contributed by atoms with Gasteiger partial charge in [-0.25, -0.2) is 13.6 Å². The molecule has 132 valence electrons. The van der Waals surface area contributed by atoms with Crippen LogP contribution in [0.25, 0.3) is 0 Å². The van der Waals surface area contributed by atoms with Gasteiger partial charge in [0.2, 0.25) is 0 Å². The predicted octanol–water partition coefficient (Wildman–Crippen LogP) is 4.10. The number of carbonyl (C=O) groups is 2. The summed E-state index contributed by atoms with van der Waals surface area (Å²) >= 11 is 0. The van der Waals surface area contributed by atoms with Crippen molar-refractivity contribution in [2.75, 3.05) is 11.9 Å². The van der Waals surface area contributed by atoms with Gasteiger partial charge in [0, 0.05) is 11.8 Å². The molecule has 4 nitrogen and oxygen atoms in total. The van der Waals surface area contributed by atoms with E-state index in [-0.39, 0.29) is 0 Å². The van der Waals surface area contributed by atoms with Gasteiger partial charge in [-0.15, -0.1) is 0 Å². The molecule has 2 aromatic rings. The van der Waals surface area contributed by atoms with Crippen molar-refractivity contribution in [1.29, 1.82) is 0 Å². The number of halogens is 2. The molecule has 0 heterocycles. The summed E-state index contributed by atoms with van der Waals surface area (Å²) in [6, 6.07) is 9.88. The monoisotopic (exact) mass is 347 g/mol. The quantitative estimate of drug-likeness (QED) is 0.767. The molecule has 0 aliphatic heterocycles. The third-order valence-electron chi connectivity index (χ3n) is 3.54. The number of esters is 1. The number of amides is 1. The summed E-state index contributed by atoms with van der Waals surface area (Å²) in [6.07, 6.45) is 3.19. The van der Waals surface area contributed by atoms with Gasteiger partial charge in [0.25, 0.3) is 5.91 Å². The number of hydrogen-bond acceptors (Lipinski definition) is 3. The Bertz CT molecular complexity index is 745. The van der Waals surface area contributed by atoms with Gasteiger partial charge in [-0.2, -0.15) is 0 Å². The van der Waals surface area contributed by atoms with E-state index in [1.807, 2.05) is 12.1 Å². The largest absolute Gasteiger partial charge is 0.452 e. The molecule has 2 rings (SSSR count). The number of anilines is 1. The maximum atomic E-state index is 13.5. The lowest BCUT2D eigenvalue weighted by Crippen LogP contribution is -2.21. The van der Waals surface area contributed by atoms with Gasteiger partial charge in [0.05, 0.1) is 5.56 Å². The number of benzene rings is 2. The van der Waals surface area contributed by atoms with Crippen molar-refractivity contribution in [3.05, 3.63) is 65.2 Å². The fourth-order valence-electron chi connectivity index (χ4n) is 2.20. The highest BCUT2D eigenvalue weighted by atomic mass is 19.1. The van der Waals surface area contributed by atoms with Crippen LogP contribution in [-0.2, 0) is 16.0 Å². The highest BCUT2D eigenvalue weighted by molar-refractivity contribution is 5.95. The minimum Gasteiger partial charge on any atom is -0.452 e. The standard InChI is InChI=1S/C19H19F2NO3/c1-2-3-4-13-5-8-15(9-6-13)22-18(23)12-25-19(24)16-10-7-14(20)11-17(16)21/h5-11H,2-4,12H2,1H3,(H,22,23). The topological polar surface area (TPSA) is 55.4 Å². The second kappa shape index (κ2) is 8.92. The summed E-state index contributed by atoms with van der Waals surface area (Å²) < 4.78 is 31.0. The number of aryl methyl sites for hydroxylation is 1. The van der Waals surface area contributed by atoms with Crippen LogP contribution in [-0.4, -0.2) is 18.5 Å². The molecule has 0 saturated carbocycles. The maximum absolute atomic E-state index is 13.5. The Labute approximate surface area is 144 Å². The highest BCUT2D eigenvalue weighted by Gasteiger charge is 2.15. The van der Waals surface area contributed by atoms with E-state index in [1.54, 1.807) is 12.1 Å². The minimum absolute atomic E-state index is 0.422. The average molecular weight is 347 g/mol. The number of unbranched alkanes of at least 4 members (excludes halogenated alkanes) is 1. The second-order valence-corrected chi connectivity index (χ2v) is 5.55. The Balaban J connectivity index is 1.84. The van der Waals surface area contributed by atoms with Crippen LogP contribution in [0.2, 0.25) is 0 Å². The SMILES string of the molecule is CCCCc1ccc(NC(=O)COC(=O)c2ccc(F)cc2F)cc1. The van der Waals surface area contributed by atoms with E-state index in [1.165, 1.54) is 5.56 Å². The van der Waals surface area contributed by atoms with E-state index < -0.39 is 35.7 Å². The summed E-state index contributed by atoms with van der Waals surface area (Å²) in [5, 5.41) is 2.59. The zero-order valence-electron chi connectivity index (χ0n) is 13.9. The first-order valence-corrected chi connectivity index (χ1v) is 8.00. The van der Waals surface area contributed by atoms with Crippen molar-refractivity contribution < 1.29 is 23.1 Å². The highest BCUT2D eigenvalue weighted by Crippen LogP contribution is 2.13. The van der Waals surface area contributed by atoms with Crippen LogP contribution in [0, 0.1) is 11.6 Å². The van der Waals surface area contributed by atoms with Gasteiger partial charge in [-0.1, -0.05) is 25.5 Å². The fraction of sp³-hybridized carbons (Fsp3) is 0.263. The molecule has 0 saturated heterocycles. The van der Waals surface area contributed by atoms with E-state index in [4.69, 9.17) is 4.74 Å². The van der Waals surface area contributed by atoms with Gasteiger partial charge < -0.3 is 10.1 Å². The molecule has 0 aliphatic carbocycles. The lowest BCUT2D eigenvalue weighted by molar-refractivity contribution is -0.119. The fourth-order valence-corrected chi connectivity index (χ4v) is 2.20. The van der Waals surface area contributed by atoms with Crippen molar-refractivity contribution >= 4 is 17.6 Å². The normalized spacial score (nSPS) is 10.4. The molecule has 1 N–H and O–H groups in total. The minimum atomic E-state index is -1.03. The zero-order chi connectivity index (χ0) is 18.2. The number of ether oxygens (including phenoxy) is 1. The number of rotatable bonds is 7. The van der Waals surface area contributed by atoms with Gasteiger partial charge in [-0.3, -0.25) is 4.79 Å². The summed E-state index contributed by atoms with van der Waals surface area (Å²) in [6.45, 7) is 1.56. The molecule has 0 fully saturated rings. The molecule has 0 bridgehead atoms. The van der Waals surface area contributed by atoms with Gasteiger partial charge in [0.15, 0.2) is 6.61 Å². The van der Waals surface area contributed by atoms with E-state index >= 15 is 0 Å². The smallest absolute Gasteiger partial charge is 0.341 e. The molecule has 25 heavy (non-hydrogen) atoms. The first-order chi connectivity index (χ1) is 12.0. The van der Waals surface area contributed by atoms with E-state index in [2.05, 4.69) is 12.2 Å². The van der Waals surface area contributed by atoms with Gasteiger partial charge >= 0.3 is 5.97 Å². The first kappa shape index (κ1) is 18.6. The Morgan fingerprint density at radius 2 is 1.80 bits per heavy atom. The van der Waals surface area contributed by atoms with Crippen LogP contribution in [0.3, 0.4) is 0 Å². The van der Waals surface area contributed by atoms with Gasteiger partial charge in [0.1, 0.15) is 11.6 Å². The lowest BCUT2D eigenvalue weighted by Gasteiger charge is -2.08. The molecule has 1 amide bonds. The van der Waals surface area contributed by atoms with Crippen LogP contribution in [0.4, 0.5) is 14.5 Å². The third-order valence-corrected chi connectivity index (χ3v) is 3.54. The molecule has 0 spiro atoms. The van der Waals surface area contributed by atoms with Crippen LogP contribution < -0.4 is 5.32 Å². The predicted molar refractivity (Wildman–Crippen MR) is 90.3 cm³/mol. The average Bonchev–Trinajstić information content (AvgIpc) is 2.59. The zero-order valence-corrected chi connectivity index (χ0v) is 13.9. The van der Waals surface area contributed by atoms with Crippen LogP contribution in [0.15, 0.2) is 42.5 Å². The second-order valence-electron chi connectivity index (χ2n) is 5.55. The molecule has 2 aromatic carbocycles. The van der Waals surface area contributed by atoms with Crippen molar-refractivity contribution in [2.24, 2.45) is 0 Å². The van der Waals surface area contributed by atoms with Gasteiger partial charge in [-0.05, 0) is 42.7 Å². The maximum Gasteiger partial charge on any atom is 0.341 e. The van der Waals surface area contributed by atoms with E-state index in [0.29, 0.717) is 11.8 Å². The molecule has 0 aromatic heterocycles. The summed E-state index contributed by atoms with van der Waals surface area (Å²) in [5.74, 6) is -3.40. The third kappa shape index (κ3) is 5.67. The van der Waals surface area contributed by atoms with Crippen molar-refractivity contribution in [3.63, 3.8) is 0 Å². The summed E-state index contributed by atoms with van der Waals surface area (Å²) in [4.78, 5) is 23.5.